The van der Waals surface area contributed by atoms with Crippen LogP contribution >= 0.6 is 0 Å². The fraction of sp³-hybridized carbons (Fsp3) is 0.200. The van der Waals surface area contributed by atoms with Crippen LogP contribution in [-0.2, 0) is 0 Å². The molecule has 0 spiro atoms. The summed E-state index contributed by atoms with van der Waals surface area (Å²) in [5, 5.41) is 0. The lowest BCUT2D eigenvalue weighted by Crippen LogP contribution is -2.22. The third kappa shape index (κ3) is 3.81. The minimum atomic E-state index is -0.372. The van der Waals surface area contributed by atoms with E-state index in [4.69, 9.17) is 20.9 Å². The van der Waals surface area contributed by atoms with Crippen LogP contribution < -0.4 is 20.9 Å². The second-order valence-corrected chi connectivity index (χ2v) is 4.22. The Morgan fingerprint density at radius 2 is 1.37 bits per heavy atom. The molecule has 4 heteroatoms. The molecule has 0 aliphatic rings. The van der Waals surface area contributed by atoms with Crippen LogP contribution in [0, 0.1) is 0 Å². The van der Waals surface area contributed by atoms with Crippen molar-refractivity contribution >= 4 is 11.4 Å². The molecule has 0 aromatic heterocycles. The molecule has 0 atom stereocenters. The fourth-order valence-electron chi connectivity index (χ4n) is 1.67. The smallest absolute Gasteiger partial charge is 0.240 e. The second kappa shape index (κ2) is 6.00. The van der Waals surface area contributed by atoms with Gasteiger partial charge in [0.1, 0.15) is 11.5 Å². The quantitative estimate of drug-likeness (QED) is 0.638. The average Bonchev–Trinajstić information content (AvgIpc) is 2.38. The number of benzene rings is 2. The van der Waals surface area contributed by atoms with Crippen molar-refractivity contribution in [1.82, 2.24) is 0 Å². The van der Waals surface area contributed by atoms with Gasteiger partial charge in [0.25, 0.3) is 0 Å². The molecule has 0 fully saturated rings. The van der Waals surface area contributed by atoms with Crippen LogP contribution in [0.4, 0.5) is 11.4 Å². The number of ether oxygens (including phenoxy) is 2. The van der Waals surface area contributed by atoms with Crippen LogP contribution in [-0.4, -0.2) is 6.29 Å². The fourth-order valence-corrected chi connectivity index (χ4v) is 1.67. The van der Waals surface area contributed by atoms with Gasteiger partial charge in [0.2, 0.25) is 6.29 Å². The summed E-state index contributed by atoms with van der Waals surface area (Å²) in [4.78, 5) is 0. The minimum absolute atomic E-state index is 0.372. The summed E-state index contributed by atoms with van der Waals surface area (Å²) in [5.74, 6) is 1.38. The summed E-state index contributed by atoms with van der Waals surface area (Å²) in [5.41, 5.74) is 12.7. The first-order chi connectivity index (χ1) is 9.17. The van der Waals surface area contributed by atoms with Gasteiger partial charge < -0.3 is 20.9 Å². The highest BCUT2D eigenvalue weighted by Gasteiger charge is 2.10. The van der Waals surface area contributed by atoms with Gasteiger partial charge in [-0.2, -0.15) is 0 Å². The number of anilines is 2. The predicted octanol–water partition coefficient (Wildman–Crippen LogP) is 3.04. The van der Waals surface area contributed by atoms with Gasteiger partial charge in [0.15, 0.2) is 0 Å². The maximum Gasteiger partial charge on any atom is 0.240 e. The summed E-state index contributed by atoms with van der Waals surface area (Å²) in [6, 6.07) is 14.6. The number of rotatable bonds is 5. The molecule has 2 rings (SSSR count). The molecular weight excluding hydrogens is 240 g/mol. The third-order valence-electron chi connectivity index (χ3n) is 2.58. The van der Waals surface area contributed by atoms with Crippen molar-refractivity contribution in [2.75, 3.05) is 11.5 Å². The maximum atomic E-state index is 5.75. The van der Waals surface area contributed by atoms with E-state index in [9.17, 15) is 0 Å². The molecular formula is C15H18N2O2. The van der Waals surface area contributed by atoms with Crippen molar-refractivity contribution < 1.29 is 9.47 Å². The number of hydrogen-bond acceptors (Lipinski definition) is 4. The Morgan fingerprint density at radius 1 is 0.895 bits per heavy atom. The van der Waals surface area contributed by atoms with Gasteiger partial charge in [0, 0.05) is 29.9 Å². The molecule has 0 radical (unpaired) electrons. The largest absolute Gasteiger partial charge is 0.455 e. The van der Waals surface area contributed by atoms with Crippen LogP contribution in [0.5, 0.6) is 11.5 Å². The molecule has 4 nitrogen and oxygen atoms in total. The lowest BCUT2D eigenvalue weighted by Gasteiger charge is -2.19. The summed E-state index contributed by atoms with van der Waals surface area (Å²) < 4.78 is 11.5. The molecule has 0 saturated carbocycles. The number of nitrogen functional groups attached to an aromatic ring is 2. The van der Waals surface area contributed by atoms with Gasteiger partial charge in [-0.1, -0.05) is 19.1 Å². The Kier molecular flexibility index (Phi) is 4.13. The zero-order valence-electron chi connectivity index (χ0n) is 10.9. The lowest BCUT2D eigenvalue weighted by molar-refractivity contribution is 0.00341. The molecule has 0 bridgehead atoms. The summed E-state index contributed by atoms with van der Waals surface area (Å²) in [7, 11) is 0. The highest BCUT2D eigenvalue weighted by Crippen LogP contribution is 2.21. The number of hydrogen-bond donors (Lipinski definition) is 2. The van der Waals surface area contributed by atoms with E-state index in [2.05, 4.69) is 0 Å². The van der Waals surface area contributed by atoms with E-state index in [0.717, 1.165) is 0 Å². The molecule has 2 aromatic carbocycles. The molecule has 0 heterocycles. The second-order valence-electron chi connectivity index (χ2n) is 4.22. The summed E-state index contributed by atoms with van der Waals surface area (Å²) >= 11 is 0. The Bertz CT molecular complexity index is 496. The van der Waals surface area contributed by atoms with Crippen molar-refractivity contribution in [2.24, 2.45) is 0 Å². The lowest BCUT2D eigenvalue weighted by atomic mass is 10.3. The molecule has 0 unspecified atom stereocenters. The van der Waals surface area contributed by atoms with Crippen LogP contribution in [0.15, 0.2) is 48.5 Å². The van der Waals surface area contributed by atoms with Crippen molar-refractivity contribution in [3.63, 3.8) is 0 Å². The number of nitrogens with two attached hydrogens (primary N) is 2. The molecule has 0 amide bonds. The standard InChI is InChI=1S/C15H18N2O2/c1-2-15(18-13-7-3-5-11(16)9-13)19-14-8-4-6-12(17)10-14/h3-10,15H,2,16-17H2,1H3. The first-order valence-corrected chi connectivity index (χ1v) is 6.22. The van der Waals surface area contributed by atoms with Crippen LogP contribution in [0.3, 0.4) is 0 Å². The van der Waals surface area contributed by atoms with Crippen LogP contribution in [0.1, 0.15) is 13.3 Å². The highest BCUT2D eigenvalue weighted by molar-refractivity contribution is 5.44. The molecule has 0 saturated heterocycles. The average molecular weight is 258 g/mol. The first kappa shape index (κ1) is 13.1. The van der Waals surface area contributed by atoms with Gasteiger partial charge in [-0.05, 0) is 24.3 Å². The van der Waals surface area contributed by atoms with Gasteiger partial charge in [-0.15, -0.1) is 0 Å². The van der Waals surface area contributed by atoms with E-state index in [1.54, 1.807) is 12.1 Å². The normalized spacial score (nSPS) is 10.4. The Labute approximate surface area is 112 Å². The van der Waals surface area contributed by atoms with E-state index < -0.39 is 0 Å². The van der Waals surface area contributed by atoms with Crippen molar-refractivity contribution in [1.29, 1.82) is 0 Å². The minimum Gasteiger partial charge on any atom is -0.455 e. The molecule has 100 valence electrons. The molecule has 4 N–H and O–H groups in total. The third-order valence-corrected chi connectivity index (χ3v) is 2.58. The SMILES string of the molecule is CCC(Oc1cccc(N)c1)Oc1cccc(N)c1. The monoisotopic (exact) mass is 258 g/mol. The summed E-state index contributed by atoms with van der Waals surface area (Å²) in [6.07, 6.45) is 0.340. The Hall–Kier alpha value is -2.36. The van der Waals surface area contributed by atoms with Crippen molar-refractivity contribution in [3.8, 4) is 11.5 Å². The summed E-state index contributed by atoms with van der Waals surface area (Å²) in [6.45, 7) is 1.99. The van der Waals surface area contributed by atoms with Crippen LogP contribution in [0.25, 0.3) is 0 Å². The van der Waals surface area contributed by atoms with E-state index in [0.29, 0.717) is 29.3 Å². The van der Waals surface area contributed by atoms with E-state index in [1.165, 1.54) is 0 Å². The van der Waals surface area contributed by atoms with E-state index in [1.807, 2.05) is 43.3 Å². The van der Waals surface area contributed by atoms with Crippen molar-refractivity contribution in [2.45, 2.75) is 19.6 Å². The zero-order chi connectivity index (χ0) is 13.7. The van der Waals surface area contributed by atoms with Gasteiger partial charge in [-0.25, -0.2) is 0 Å². The Balaban J connectivity index is 2.04. The van der Waals surface area contributed by atoms with Gasteiger partial charge in [0.05, 0.1) is 0 Å². The topological polar surface area (TPSA) is 70.5 Å². The van der Waals surface area contributed by atoms with Crippen LogP contribution in [0.2, 0.25) is 0 Å². The first-order valence-electron chi connectivity index (χ1n) is 6.22. The molecule has 19 heavy (non-hydrogen) atoms. The molecule has 0 aliphatic carbocycles. The van der Waals surface area contributed by atoms with Crippen molar-refractivity contribution in [3.05, 3.63) is 48.5 Å². The van der Waals surface area contributed by atoms with E-state index in [-0.39, 0.29) is 6.29 Å². The maximum absolute atomic E-state index is 5.75. The predicted molar refractivity (Wildman–Crippen MR) is 77.0 cm³/mol. The van der Waals surface area contributed by atoms with Gasteiger partial charge in [-0.3, -0.25) is 0 Å². The zero-order valence-corrected chi connectivity index (χ0v) is 10.9. The molecule has 0 aliphatic heterocycles. The molecule has 2 aromatic rings. The van der Waals surface area contributed by atoms with E-state index >= 15 is 0 Å². The highest BCUT2D eigenvalue weighted by atomic mass is 16.7. The Morgan fingerprint density at radius 3 is 1.74 bits per heavy atom. The van der Waals surface area contributed by atoms with Gasteiger partial charge >= 0.3 is 0 Å².